The van der Waals surface area contributed by atoms with Gasteiger partial charge in [-0.05, 0) is 12.0 Å². The lowest BCUT2D eigenvalue weighted by molar-refractivity contribution is 0.937. The number of nitrogens with zero attached hydrogens (tertiary/aromatic N) is 1. The van der Waals surface area contributed by atoms with E-state index in [0.717, 1.165) is 13.0 Å². The van der Waals surface area contributed by atoms with Crippen LogP contribution in [0.5, 0.6) is 0 Å². The fourth-order valence-corrected chi connectivity index (χ4v) is 0.838. The minimum absolute atomic E-state index is 0.925. The zero-order valence-corrected chi connectivity index (χ0v) is 6.83. The van der Waals surface area contributed by atoms with Crippen molar-refractivity contribution in [3.05, 3.63) is 35.9 Å². The first kappa shape index (κ1) is 7.99. The Bertz CT molecular complexity index is 214. The SMILES string of the molecule is CCC/N=C/c1ccccc1. The molecule has 1 aromatic carbocycles. The standard InChI is InChI=1S/C10H13N/c1-2-8-11-9-10-6-4-3-5-7-10/h3-7,9H,2,8H2,1H3/b11-9+. The lowest BCUT2D eigenvalue weighted by atomic mass is 10.2. The molecule has 0 atom stereocenters. The average Bonchev–Trinajstić information content (AvgIpc) is 2.07. The predicted molar refractivity (Wildman–Crippen MR) is 49.2 cm³/mol. The topological polar surface area (TPSA) is 12.4 Å². The zero-order valence-electron chi connectivity index (χ0n) is 6.83. The molecule has 0 bridgehead atoms. The molecule has 0 aliphatic carbocycles. The van der Waals surface area contributed by atoms with Crippen molar-refractivity contribution in [3.63, 3.8) is 0 Å². The quantitative estimate of drug-likeness (QED) is 0.582. The van der Waals surface area contributed by atoms with Crippen molar-refractivity contribution in [2.45, 2.75) is 13.3 Å². The molecule has 0 fully saturated rings. The Morgan fingerprint density at radius 2 is 2.00 bits per heavy atom. The first-order chi connectivity index (χ1) is 5.43. The number of aliphatic imine (C=N–C) groups is 1. The highest BCUT2D eigenvalue weighted by Gasteiger charge is 1.81. The first-order valence-electron chi connectivity index (χ1n) is 3.98. The van der Waals surface area contributed by atoms with Crippen molar-refractivity contribution in [3.8, 4) is 0 Å². The lowest BCUT2D eigenvalue weighted by Crippen LogP contribution is -1.81. The van der Waals surface area contributed by atoms with Crippen LogP contribution in [0.1, 0.15) is 18.9 Å². The summed E-state index contributed by atoms with van der Waals surface area (Å²) < 4.78 is 0. The maximum atomic E-state index is 4.24. The Morgan fingerprint density at radius 3 is 2.64 bits per heavy atom. The number of benzene rings is 1. The normalized spacial score (nSPS) is 10.6. The van der Waals surface area contributed by atoms with E-state index in [1.807, 2.05) is 24.4 Å². The molecule has 0 spiro atoms. The van der Waals surface area contributed by atoms with Crippen LogP contribution in [0.25, 0.3) is 0 Å². The van der Waals surface area contributed by atoms with Gasteiger partial charge in [0.15, 0.2) is 0 Å². The third kappa shape index (κ3) is 2.99. The molecule has 0 N–H and O–H groups in total. The van der Waals surface area contributed by atoms with Gasteiger partial charge in [-0.25, -0.2) is 0 Å². The van der Waals surface area contributed by atoms with E-state index < -0.39 is 0 Å². The van der Waals surface area contributed by atoms with Gasteiger partial charge in [0.05, 0.1) is 0 Å². The van der Waals surface area contributed by atoms with E-state index in [1.165, 1.54) is 5.56 Å². The van der Waals surface area contributed by atoms with Crippen LogP contribution < -0.4 is 0 Å². The summed E-state index contributed by atoms with van der Waals surface area (Å²) in [4.78, 5) is 4.24. The molecule has 1 rings (SSSR count). The van der Waals surface area contributed by atoms with Gasteiger partial charge in [0.25, 0.3) is 0 Å². The van der Waals surface area contributed by atoms with E-state index in [4.69, 9.17) is 0 Å². The van der Waals surface area contributed by atoms with Crippen LogP contribution in [0.3, 0.4) is 0 Å². The van der Waals surface area contributed by atoms with Gasteiger partial charge in [0.1, 0.15) is 0 Å². The molecule has 0 heterocycles. The highest BCUT2D eigenvalue weighted by molar-refractivity contribution is 5.79. The monoisotopic (exact) mass is 147 g/mol. The second-order valence-corrected chi connectivity index (χ2v) is 2.45. The predicted octanol–water partition coefficient (Wildman–Crippen LogP) is 2.52. The molecule has 0 unspecified atom stereocenters. The molecule has 0 saturated heterocycles. The van der Waals surface area contributed by atoms with E-state index in [9.17, 15) is 0 Å². The van der Waals surface area contributed by atoms with Crippen LogP contribution in [0.4, 0.5) is 0 Å². The van der Waals surface area contributed by atoms with Crippen molar-refractivity contribution in [1.29, 1.82) is 0 Å². The minimum Gasteiger partial charge on any atom is -0.293 e. The van der Waals surface area contributed by atoms with Gasteiger partial charge >= 0.3 is 0 Å². The molecule has 0 aliphatic rings. The number of rotatable bonds is 3. The van der Waals surface area contributed by atoms with Crippen LogP contribution in [0, 0.1) is 0 Å². The molecular weight excluding hydrogens is 134 g/mol. The van der Waals surface area contributed by atoms with Crippen molar-refractivity contribution >= 4 is 6.21 Å². The summed E-state index contributed by atoms with van der Waals surface area (Å²) in [5.74, 6) is 0. The molecule has 0 amide bonds. The van der Waals surface area contributed by atoms with Crippen LogP contribution in [-0.4, -0.2) is 12.8 Å². The summed E-state index contributed by atoms with van der Waals surface area (Å²) in [6, 6.07) is 10.2. The average molecular weight is 147 g/mol. The summed E-state index contributed by atoms with van der Waals surface area (Å²) in [5.41, 5.74) is 1.18. The molecule has 11 heavy (non-hydrogen) atoms. The van der Waals surface area contributed by atoms with Crippen LogP contribution in [0.15, 0.2) is 35.3 Å². The number of hydrogen-bond donors (Lipinski definition) is 0. The summed E-state index contributed by atoms with van der Waals surface area (Å²) >= 11 is 0. The Balaban J connectivity index is 2.50. The number of hydrogen-bond acceptors (Lipinski definition) is 1. The fraction of sp³-hybridized carbons (Fsp3) is 0.300. The Morgan fingerprint density at radius 1 is 1.27 bits per heavy atom. The zero-order chi connectivity index (χ0) is 7.94. The molecule has 1 nitrogen and oxygen atoms in total. The first-order valence-corrected chi connectivity index (χ1v) is 3.98. The van der Waals surface area contributed by atoms with E-state index in [-0.39, 0.29) is 0 Å². The van der Waals surface area contributed by atoms with E-state index >= 15 is 0 Å². The molecule has 0 radical (unpaired) electrons. The second kappa shape index (κ2) is 4.67. The van der Waals surface area contributed by atoms with Gasteiger partial charge in [-0.3, -0.25) is 4.99 Å². The maximum Gasteiger partial charge on any atom is 0.0386 e. The third-order valence-electron chi connectivity index (χ3n) is 1.39. The lowest BCUT2D eigenvalue weighted by Gasteiger charge is -1.89. The molecule has 0 saturated carbocycles. The molecule has 0 aromatic heterocycles. The summed E-state index contributed by atoms with van der Waals surface area (Å²) in [7, 11) is 0. The van der Waals surface area contributed by atoms with Crippen molar-refractivity contribution in [2.75, 3.05) is 6.54 Å². The highest BCUT2D eigenvalue weighted by Crippen LogP contribution is 1.93. The Hall–Kier alpha value is -1.11. The highest BCUT2D eigenvalue weighted by atomic mass is 14.7. The van der Waals surface area contributed by atoms with Gasteiger partial charge in [-0.15, -0.1) is 0 Å². The third-order valence-corrected chi connectivity index (χ3v) is 1.39. The molecule has 1 aromatic rings. The van der Waals surface area contributed by atoms with E-state index in [0.29, 0.717) is 0 Å². The van der Waals surface area contributed by atoms with Gasteiger partial charge in [-0.2, -0.15) is 0 Å². The van der Waals surface area contributed by atoms with Crippen molar-refractivity contribution in [1.82, 2.24) is 0 Å². The largest absolute Gasteiger partial charge is 0.293 e. The summed E-state index contributed by atoms with van der Waals surface area (Å²) in [6.45, 7) is 3.05. The molecule has 0 aliphatic heterocycles. The van der Waals surface area contributed by atoms with E-state index in [2.05, 4.69) is 24.0 Å². The van der Waals surface area contributed by atoms with Crippen LogP contribution in [0.2, 0.25) is 0 Å². The van der Waals surface area contributed by atoms with Crippen LogP contribution >= 0.6 is 0 Å². The van der Waals surface area contributed by atoms with Crippen LogP contribution in [-0.2, 0) is 0 Å². The maximum absolute atomic E-state index is 4.24. The molecular formula is C10H13N. The van der Waals surface area contributed by atoms with Gasteiger partial charge in [-0.1, -0.05) is 37.3 Å². The summed E-state index contributed by atoms with van der Waals surface area (Å²) in [6.07, 6.45) is 3.03. The van der Waals surface area contributed by atoms with Gasteiger partial charge in [0, 0.05) is 12.8 Å². The Kier molecular flexibility index (Phi) is 3.39. The van der Waals surface area contributed by atoms with Crippen molar-refractivity contribution < 1.29 is 0 Å². The van der Waals surface area contributed by atoms with Gasteiger partial charge in [0.2, 0.25) is 0 Å². The second-order valence-electron chi connectivity index (χ2n) is 2.45. The van der Waals surface area contributed by atoms with E-state index in [1.54, 1.807) is 0 Å². The smallest absolute Gasteiger partial charge is 0.0386 e. The van der Waals surface area contributed by atoms with Crippen molar-refractivity contribution in [2.24, 2.45) is 4.99 Å². The summed E-state index contributed by atoms with van der Waals surface area (Å²) in [5, 5.41) is 0. The minimum atomic E-state index is 0.925. The Labute approximate surface area is 67.8 Å². The molecule has 1 heteroatoms. The molecule has 58 valence electrons. The van der Waals surface area contributed by atoms with Gasteiger partial charge < -0.3 is 0 Å². The fourth-order valence-electron chi connectivity index (χ4n) is 0.838.